The fraction of sp³-hybridized carbons (Fsp3) is 0.545. The molecule has 0 bridgehead atoms. The molecule has 168 valence electrons. The lowest BCUT2D eigenvalue weighted by Gasteiger charge is -2.19. The van der Waals surface area contributed by atoms with E-state index in [1.54, 1.807) is 0 Å². The van der Waals surface area contributed by atoms with Gasteiger partial charge in [0.05, 0.1) is 17.0 Å². The third kappa shape index (κ3) is 9.02. The van der Waals surface area contributed by atoms with Gasteiger partial charge in [0, 0.05) is 19.6 Å². The number of ether oxygens (including phenoxy) is 1. The molecule has 0 aliphatic heterocycles. The number of anilines is 1. The number of unbranched alkanes of at least 4 members (excludes halogenated alkanes) is 1. The zero-order chi connectivity index (χ0) is 21.8. The van der Waals surface area contributed by atoms with Crippen LogP contribution in [0.4, 0.5) is 18.9 Å². The first kappa shape index (κ1) is 24.6. The van der Waals surface area contributed by atoms with Gasteiger partial charge in [-0.05, 0) is 73.9 Å². The van der Waals surface area contributed by atoms with Crippen LogP contribution in [0.3, 0.4) is 0 Å². The van der Waals surface area contributed by atoms with Crippen LogP contribution in [0.5, 0.6) is 5.75 Å². The minimum absolute atomic E-state index is 0.122. The number of nitrogens with two attached hydrogens (primary N) is 1. The lowest BCUT2D eigenvalue weighted by Crippen LogP contribution is -2.21. The highest BCUT2D eigenvalue weighted by Crippen LogP contribution is 2.37. The monoisotopic (exact) mass is 443 g/mol. The summed E-state index contributed by atoms with van der Waals surface area (Å²) in [4.78, 5) is 0.750. The van der Waals surface area contributed by atoms with E-state index >= 15 is 0 Å². The molecule has 1 aliphatic rings. The highest BCUT2D eigenvalue weighted by molar-refractivity contribution is 7.97. The molecule has 0 heterocycles. The van der Waals surface area contributed by atoms with Crippen LogP contribution in [0.1, 0.15) is 57.4 Å². The number of nitrogens with one attached hydrogen (secondary N) is 2. The molecule has 1 aliphatic carbocycles. The zero-order valence-corrected chi connectivity index (χ0v) is 18.3. The van der Waals surface area contributed by atoms with E-state index in [0.717, 1.165) is 72.5 Å². The van der Waals surface area contributed by atoms with E-state index in [-0.39, 0.29) is 6.54 Å². The second kappa shape index (κ2) is 12.9. The van der Waals surface area contributed by atoms with Crippen LogP contribution in [0, 0.1) is 0 Å². The highest BCUT2D eigenvalue weighted by atomic mass is 32.2. The third-order valence-electron chi connectivity index (χ3n) is 4.67. The molecule has 0 spiro atoms. The lowest BCUT2D eigenvalue weighted by atomic mass is 10.1. The van der Waals surface area contributed by atoms with Crippen LogP contribution in [0.15, 0.2) is 41.0 Å². The van der Waals surface area contributed by atoms with Gasteiger partial charge in [0.2, 0.25) is 0 Å². The maximum Gasteiger partial charge on any atom is 0.390 e. The number of halogens is 3. The van der Waals surface area contributed by atoms with Crippen molar-refractivity contribution in [3.05, 3.63) is 41.7 Å². The average Bonchev–Trinajstić information content (AvgIpc) is 2.67. The Balaban J connectivity index is 2.20. The summed E-state index contributed by atoms with van der Waals surface area (Å²) in [6, 6.07) is 3.80. The van der Waals surface area contributed by atoms with E-state index in [1.807, 2.05) is 18.2 Å². The molecule has 8 heteroatoms. The number of rotatable bonds is 11. The van der Waals surface area contributed by atoms with Gasteiger partial charge in [-0.15, -0.1) is 0 Å². The van der Waals surface area contributed by atoms with E-state index in [2.05, 4.69) is 29.7 Å². The maximum atomic E-state index is 12.4. The summed E-state index contributed by atoms with van der Waals surface area (Å²) in [6.07, 6.45) is 7.52. The quantitative estimate of drug-likeness (QED) is 0.277. The number of benzene rings is 1. The first-order valence-electron chi connectivity index (χ1n) is 10.5. The molecular formula is C22H32F3N3OS. The van der Waals surface area contributed by atoms with Gasteiger partial charge in [0.25, 0.3) is 0 Å². The Bertz CT molecular complexity index is 720. The molecule has 0 atom stereocenters. The molecule has 1 aromatic carbocycles. The standard InChI is InChI=1S/C22H32F3N3OS/c1-2-3-12-28-19-14-17(16-27-13-11-22(23,24)25)15-20(30-26)21(19)29-18-9-7-5-4-6-8-10-18/h7,9-10,14-15,27-28H,2-6,8,11-13,16,26H2,1H3/b9-7-,18-10+. The Hall–Kier alpha value is -1.64. The van der Waals surface area contributed by atoms with Crippen LogP contribution in [0.2, 0.25) is 0 Å². The summed E-state index contributed by atoms with van der Waals surface area (Å²) >= 11 is 1.08. The maximum absolute atomic E-state index is 12.4. The predicted molar refractivity (Wildman–Crippen MR) is 119 cm³/mol. The Morgan fingerprint density at radius 1 is 1.17 bits per heavy atom. The summed E-state index contributed by atoms with van der Waals surface area (Å²) in [7, 11) is 0. The van der Waals surface area contributed by atoms with Crippen molar-refractivity contribution in [2.45, 2.75) is 69.5 Å². The first-order valence-corrected chi connectivity index (χ1v) is 11.4. The smallest absolute Gasteiger partial charge is 0.390 e. The Morgan fingerprint density at radius 2 is 1.97 bits per heavy atom. The van der Waals surface area contributed by atoms with Gasteiger partial charge in [0.1, 0.15) is 5.76 Å². The number of hydrogen-bond donors (Lipinski definition) is 3. The number of alkyl halides is 3. The van der Waals surface area contributed by atoms with Gasteiger partial charge in [-0.3, -0.25) is 5.14 Å². The topological polar surface area (TPSA) is 59.3 Å². The largest absolute Gasteiger partial charge is 0.454 e. The Morgan fingerprint density at radius 3 is 2.70 bits per heavy atom. The summed E-state index contributed by atoms with van der Waals surface area (Å²) in [5, 5.41) is 12.2. The molecular weight excluding hydrogens is 411 g/mol. The van der Waals surface area contributed by atoms with Crippen LogP contribution in [-0.2, 0) is 6.54 Å². The van der Waals surface area contributed by atoms with Crippen LogP contribution < -0.4 is 20.5 Å². The molecule has 0 saturated heterocycles. The van der Waals surface area contributed by atoms with Gasteiger partial charge >= 0.3 is 6.18 Å². The summed E-state index contributed by atoms with van der Waals surface area (Å²) < 4.78 is 43.4. The van der Waals surface area contributed by atoms with Crippen LogP contribution in [0.25, 0.3) is 0 Å². The molecule has 0 radical (unpaired) electrons. The molecule has 0 aromatic heterocycles. The van der Waals surface area contributed by atoms with Crippen molar-refractivity contribution in [3.63, 3.8) is 0 Å². The van der Waals surface area contributed by atoms with Crippen LogP contribution in [-0.4, -0.2) is 19.3 Å². The molecule has 4 nitrogen and oxygen atoms in total. The third-order valence-corrected chi connectivity index (χ3v) is 5.23. The molecule has 2 rings (SSSR count). The number of allylic oxidation sites excluding steroid dienone is 3. The van der Waals surface area contributed by atoms with Crippen molar-refractivity contribution >= 4 is 17.6 Å². The predicted octanol–water partition coefficient (Wildman–Crippen LogP) is 6.30. The van der Waals surface area contributed by atoms with E-state index in [0.29, 0.717) is 12.3 Å². The molecule has 0 fully saturated rings. The normalized spacial score (nSPS) is 17.6. The van der Waals surface area contributed by atoms with Crippen molar-refractivity contribution in [3.8, 4) is 5.75 Å². The molecule has 0 amide bonds. The lowest BCUT2D eigenvalue weighted by molar-refractivity contribution is -0.133. The summed E-state index contributed by atoms with van der Waals surface area (Å²) in [5.41, 5.74) is 1.67. The van der Waals surface area contributed by atoms with E-state index in [1.165, 1.54) is 6.42 Å². The summed E-state index contributed by atoms with van der Waals surface area (Å²) in [5.74, 6) is 1.45. The Labute approximate surface area is 181 Å². The van der Waals surface area contributed by atoms with Crippen molar-refractivity contribution in [2.24, 2.45) is 5.14 Å². The molecule has 1 aromatic rings. The van der Waals surface area contributed by atoms with Gasteiger partial charge < -0.3 is 15.4 Å². The fourth-order valence-corrected chi connectivity index (χ4v) is 3.54. The average molecular weight is 444 g/mol. The highest BCUT2D eigenvalue weighted by Gasteiger charge is 2.26. The number of hydrogen-bond acceptors (Lipinski definition) is 5. The second-order valence-corrected chi connectivity index (χ2v) is 7.98. The first-order chi connectivity index (χ1) is 14.4. The van der Waals surface area contributed by atoms with Crippen molar-refractivity contribution in [1.29, 1.82) is 0 Å². The molecule has 0 saturated carbocycles. The zero-order valence-electron chi connectivity index (χ0n) is 17.5. The van der Waals surface area contributed by atoms with Gasteiger partial charge in [0.15, 0.2) is 5.75 Å². The molecule has 4 N–H and O–H groups in total. The summed E-state index contributed by atoms with van der Waals surface area (Å²) in [6.45, 7) is 3.10. The van der Waals surface area contributed by atoms with E-state index in [9.17, 15) is 13.2 Å². The van der Waals surface area contributed by atoms with Crippen molar-refractivity contribution in [2.75, 3.05) is 18.4 Å². The Kier molecular flexibility index (Phi) is 10.6. The fourth-order valence-electron chi connectivity index (χ4n) is 3.06. The second-order valence-electron chi connectivity index (χ2n) is 7.31. The minimum Gasteiger partial charge on any atom is -0.454 e. The van der Waals surface area contributed by atoms with E-state index < -0.39 is 12.6 Å². The van der Waals surface area contributed by atoms with Gasteiger partial charge in [-0.25, -0.2) is 0 Å². The van der Waals surface area contributed by atoms with Crippen molar-refractivity contribution < 1.29 is 17.9 Å². The molecule has 0 unspecified atom stereocenters. The van der Waals surface area contributed by atoms with Crippen molar-refractivity contribution in [1.82, 2.24) is 5.32 Å². The van der Waals surface area contributed by atoms with Gasteiger partial charge in [-0.1, -0.05) is 19.4 Å². The SMILES string of the molecule is CCCCNc1cc(CNCCC(F)(F)F)cc(SN)c1OC1=C/CCCC/C=C\1. The van der Waals surface area contributed by atoms with Crippen LogP contribution >= 0.6 is 11.9 Å². The molecule has 30 heavy (non-hydrogen) atoms. The van der Waals surface area contributed by atoms with E-state index in [4.69, 9.17) is 9.88 Å². The van der Waals surface area contributed by atoms with Gasteiger partial charge in [-0.2, -0.15) is 13.2 Å². The minimum atomic E-state index is -4.16.